The van der Waals surface area contributed by atoms with Crippen LogP contribution in [0, 0.1) is 17.6 Å². The molecule has 1 aliphatic carbocycles. The summed E-state index contributed by atoms with van der Waals surface area (Å²) in [6, 6.07) is 2.69. The fourth-order valence-corrected chi connectivity index (χ4v) is 3.06. The van der Waals surface area contributed by atoms with E-state index in [4.69, 9.17) is 0 Å². The van der Waals surface area contributed by atoms with E-state index in [0.717, 1.165) is 12.8 Å². The topological polar surface area (TPSA) is 12.0 Å². The van der Waals surface area contributed by atoms with Crippen molar-refractivity contribution in [3.8, 4) is 0 Å². The number of anilines is 1. The van der Waals surface area contributed by atoms with Crippen LogP contribution in [-0.2, 0) is 0 Å². The van der Waals surface area contributed by atoms with E-state index >= 15 is 0 Å². The molecule has 1 fully saturated rings. The van der Waals surface area contributed by atoms with Crippen molar-refractivity contribution in [3.63, 3.8) is 0 Å². The van der Waals surface area contributed by atoms with Gasteiger partial charge in [0.2, 0.25) is 0 Å². The van der Waals surface area contributed by atoms with Gasteiger partial charge in [-0.3, -0.25) is 0 Å². The van der Waals surface area contributed by atoms with Gasteiger partial charge in [0.05, 0.1) is 0 Å². The normalized spacial score (nSPS) is 18.7. The third kappa shape index (κ3) is 3.22. The smallest absolute Gasteiger partial charge is 0.150 e. The molecule has 0 saturated heterocycles. The molecule has 1 N–H and O–H groups in total. The van der Waals surface area contributed by atoms with Crippen LogP contribution in [-0.4, -0.2) is 6.04 Å². The minimum absolute atomic E-state index is 0.00345. The Hall–Kier alpha value is -0.640. The molecule has 18 heavy (non-hydrogen) atoms. The summed E-state index contributed by atoms with van der Waals surface area (Å²) < 4.78 is 27.8. The van der Waals surface area contributed by atoms with Crippen LogP contribution in [0.15, 0.2) is 16.6 Å². The van der Waals surface area contributed by atoms with E-state index in [2.05, 4.69) is 21.2 Å². The second-order valence-corrected chi connectivity index (χ2v) is 5.99. The lowest BCUT2D eigenvalue weighted by Gasteiger charge is -2.29. The molecule has 4 heteroatoms. The summed E-state index contributed by atoms with van der Waals surface area (Å²) >= 11 is 3.08. The molecule has 1 atom stereocenters. The van der Waals surface area contributed by atoms with Gasteiger partial charge in [0, 0.05) is 10.5 Å². The molecule has 0 bridgehead atoms. The molecule has 1 aliphatic rings. The maximum absolute atomic E-state index is 13.7. The van der Waals surface area contributed by atoms with Gasteiger partial charge in [-0.2, -0.15) is 0 Å². The van der Waals surface area contributed by atoms with Crippen molar-refractivity contribution >= 4 is 21.6 Å². The van der Waals surface area contributed by atoms with Crippen molar-refractivity contribution in [2.75, 3.05) is 5.32 Å². The zero-order valence-electron chi connectivity index (χ0n) is 10.5. The van der Waals surface area contributed by atoms with E-state index in [0.29, 0.717) is 10.4 Å². The van der Waals surface area contributed by atoms with Gasteiger partial charge in [0.15, 0.2) is 0 Å². The summed E-state index contributed by atoms with van der Waals surface area (Å²) in [5.74, 6) is -0.560. The Balaban J connectivity index is 2.08. The largest absolute Gasteiger partial charge is 0.378 e. The van der Waals surface area contributed by atoms with Crippen molar-refractivity contribution in [1.82, 2.24) is 0 Å². The van der Waals surface area contributed by atoms with Gasteiger partial charge in [0.1, 0.15) is 17.3 Å². The maximum Gasteiger partial charge on any atom is 0.150 e. The van der Waals surface area contributed by atoms with Gasteiger partial charge >= 0.3 is 0 Å². The van der Waals surface area contributed by atoms with Gasteiger partial charge in [0.25, 0.3) is 0 Å². The Bertz CT molecular complexity index is 393. The van der Waals surface area contributed by atoms with Crippen molar-refractivity contribution in [3.05, 3.63) is 28.2 Å². The molecular formula is C14H18BrF2N. The van der Waals surface area contributed by atoms with Crippen LogP contribution in [0.2, 0.25) is 0 Å². The third-order valence-corrected chi connectivity index (χ3v) is 4.19. The highest BCUT2D eigenvalue weighted by Crippen LogP contribution is 2.30. The first kappa shape index (κ1) is 13.8. The second-order valence-electron chi connectivity index (χ2n) is 5.08. The van der Waals surface area contributed by atoms with Crippen molar-refractivity contribution in [1.29, 1.82) is 0 Å². The summed E-state index contributed by atoms with van der Waals surface area (Å²) in [6.45, 7) is 2.01. The van der Waals surface area contributed by atoms with Crippen LogP contribution in [0.25, 0.3) is 0 Å². The highest BCUT2D eigenvalue weighted by atomic mass is 79.9. The van der Waals surface area contributed by atoms with Gasteiger partial charge in [-0.05, 0) is 37.8 Å². The first-order valence-corrected chi connectivity index (χ1v) is 7.28. The van der Waals surface area contributed by atoms with Crippen LogP contribution in [0.5, 0.6) is 0 Å². The van der Waals surface area contributed by atoms with Crippen LogP contribution >= 0.6 is 15.9 Å². The van der Waals surface area contributed by atoms with E-state index in [-0.39, 0.29) is 11.7 Å². The molecule has 1 saturated carbocycles. The van der Waals surface area contributed by atoms with Crippen LogP contribution in [0.4, 0.5) is 14.5 Å². The fraction of sp³-hybridized carbons (Fsp3) is 0.571. The van der Waals surface area contributed by atoms with Gasteiger partial charge in [-0.15, -0.1) is 0 Å². The average molecular weight is 318 g/mol. The monoisotopic (exact) mass is 317 g/mol. The third-order valence-electron chi connectivity index (χ3n) is 3.74. The maximum atomic E-state index is 13.7. The zero-order valence-corrected chi connectivity index (χ0v) is 12.1. The molecule has 1 unspecified atom stereocenters. The minimum Gasteiger partial charge on any atom is -0.378 e. The predicted molar refractivity (Wildman–Crippen MR) is 73.7 cm³/mol. The number of hydrogen-bond donors (Lipinski definition) is 1. The second kappa shape index (κ2) is 6.00. The van der Waals surface area contributed by atoms with E-state index in [1.807, 2.05) is 6.92 Å². The minimum atomic E-state index is -0.537. The van der Waals surface area contributed by atoms with Gasteiger partial charge in [-0.1, -0.05) is 35.2 Å². The van der Waals surface area contributed by atoms with Gasteiger partial charge < -0.3 is 5.32 Å². The lowest BCUT2D eigenvalue weighted by atomic mass is 9.84. The summed E-state index contributed by atoms with van der Waals surface area (Å²) in [5.41, 5.74) is -0.00345. The molecule has 1 aromatic carbocycles. The number of rotatable bonds is 3. The van der Waals surface area contributed by atoms with Crippen molar-refractivity contribution < 1.29 is 8.78 Å². The number of nitrogens with one attached hydrogen (secondary N) is 1. The Kier molecular flexibility index (Phi) is 4.60. The molecule has 0 aromatic heterocycles. The summed E-state index contributed by atoms with van der Waals surface area (Å²) in [4.78, 5) is 0. The molecule has 0 heterocycles. The predicted octanol–water partition coefficient (Wildman–Crippen LogP) is 5.11. The highest BCUT2D eigenvalue weighted by molar-refractivity contribution is 9.10. The molecule has 0 radical (unpaired) electrons. The van der Waals surface area contributed by atoms with Crippen molar-refractivity contribution in [2.24, 2.45) is 5.92 Å². The highest BCUT2D eigenvalue weighted by Gasteiger charge is 2.22. The zero-order chi connectivity index (χ0) is 13.1. The molecular weight excluding hydrogens is 300 g/mol. The molecule has 1 nitrogen and oxygen atoms in total. The van der Waals surface area contributed by atoms with E-state index in [1.165, 1.54) is 31.4 Å². The van der Waals surface area contributed by atoms with Crippen molar-refractivity contribution in [2.45, 2.75) is 45.1 Å². The standard InChI is InChI=1S/C14H18BrF2N/c1-9(10-5-3-2-4-6-10)18-14-12(16)7-11(15)8-13(14)17/h7-10,18H,2-6H2,1H3. The number of benzene rings is 1. The summed E-state index contributed by atoms with van der Waals surface area (Å²) in [7, 11) is 0. The number of hydrogen-bond acceptors (Lipinski definition) is 1. The first-order chi connectivity index (χ1) is 8.58. The Morgan fingerprint density at radius 2 is 1.72 bits per heavy atom. The van der Waals surface area contributed by atoms with Crippen LogP contribution in [0.3, 0.4) is 0 Å². The fourth-order valence-electron chi connectivity index (χ4n) is 2.66. The lowest BCUT2D eigenvalue weighted by Crippen LogP contribution is -2.28. The lowest BCUT2D eigenvalue weighted by molar-refractivity contribution is 0.327. The van der Waals surface area contributed by atoms with Gasteiger partial charge in [-0.25, -0.2) is 8.78 Å². The van der Waals surface area contributed by atoms with E-state index in [1.54, 1.807) is 0 Å². The molecule has 0 aliphatic heterocycles. The summed E-state index contributed by atoms with van der Waals surface area (Å²) in [6.07, 6.45) is 6.02. The molecule has 1 aromatic rings. The van der Waals surface area contributed by atoms with Crippen LogP contribution in [0.1, 0.15) is 39.0 Å². The van der Waals surface area contributed by atoms with Crippen LogP contribution < -0.4 is 5.32 Å². The SMILES string of the molecule is CC(Nc1c(F)cc(Br)cc1F)C1CCCCC1. The molecule has 100 valence electrons. The number of halogens is 3. The summed E-state index contributed by atoms with van der Waals surface area (Å²) in [5, 5.41) is 3.00. The Morgan fingerprint density at radius 3 is 2.28 bits per heavy atom. The van der Waals surface area contributed by atoms with E-state index < -0.39 is 11.6 Å². The Morgan fingerprint density at radius 1 is 1.17 bits per heavy atom. The van der Waals surface area contributed by atoms with E-state index in [9.17, 15) is 8.78 Å². The quantitative estimate of drug-likeness (QED) is 0.817. The Labute approximate surface area is 115 Å². The average Bonchev–Trinajstić information content (AvgIpc) is 2.34. The molecule has 0 spiro atoms. The first-order valence-electron chi connectivity index (χ1n) is 6.49. The molecule has 0 amide bonds. The molecule has 2 rings (SSSR count).